The molecule has 0 spiro atoms. The predicted molar refractivity (Wildman–Crippen MR) is 200 cm³/mol. The second-order valence-electron chi connectivity index (χ2n) is 12.0. The van der Waals surface area contributed by atoms with Gasteiger partial charge in [0.25, 0.3) is 0 Å². The third kappa shape index (κ3) is 5.35. The Morgan fingerprint density at radius 3 is 1.27 bits per heavy atom. The van der Waals surface area contributed by atoms with E-state index in [1.165, 1.54) is 0 Å². The fourth-order valence-electron chi connectivity index (χ4n) is 6.59. The highest BCUT2D eigenvalue weighted by Gasteiger charge is 2.21. The molecule has 4 nitrogen and oxygen atoms in total. The molecule has 0 N–H and O–H groups in total. The van der Waals surface area contributed by atoms with Crippen LogP contribution < -0.4 is 0 Å². The third-order valence-corrected chi connectivity index (χ3v) is 8.93. The molecule has 7 aromatic carbocycles. The maximum absolute atomic E-state index is 6.22. The van der Waals surface area contributed by atoms with Crippen LogP contribution in [0, 0.1) is 0 Å². The van der Waals surface area contributed by atoms with Crippen LogP contribution in [0.3, 0.4) is 0 Å². The summed E-state index contributed by atoms with van der Waals surface area (Å²) in [5.74, 6) is 1.88. The summed E-state index contributed by atoms with van der Waals surface area (Å²) in [6.45, 7) is 0. The zero-order chi connectivity index (χ0) is 32.6. The summed E-state index contributed by atoms with van der Waals surface area (Å²) in [6.07, 6.45) is 0. The average molecular weight is 628 g/mol. The van der Waals surface area contributed by atoms with Crippen LogP contribution in [0.2, 0.25) is 0 Å². The Morgan fingerprint density at radius 2 is 0.735 bits per heavy atom. The van der Waals surface area contributed by atoms with E-state index in [0.29, 0.717) is 17.5 Å². The van der Waals surface area contributed by atoms with Gasteiger partial charge >= 0.3 is 0 Å². The molecule has 49 heavy (non-hydrogen) atoms. The largest absolute Gasteiger partial charge is 0.456 e. The maximum Gasteiger partial charge on any atom is 0.164 e. The first-order chi connectivity index (χ1) is 24.3. The molecule has 0 aliphatic rings. The normalized spacial score (nSPS) is 11.3. The highest BCUT2D eigenvalue weighted by molar-refractivity contribution is 6.08. The van der Waals surface area contributed by atoms with Crippen LogP contribution in [-0.2, 0) is 0 Å². The van der Waals surface area contributed by atoms with Crippen molar-refractivity contribution >= 4 is 21.9 Å². The molecule has 0 aliphatic carbocycles. The van der Waals surface area contributed by atoms with Gasteiger partial charge in [0.15, 0.2) is 17.5 Å². The van der Waals surface area contributed by atoms with Gasteiger partial charge in [0.2, 0.25) is 0 Å². The summed E-state index contributed by atoms with van der Waals surface area (Å²) >= 11 is 0. The van der Waals surface area contributed by atoms with Gasteiger partial charge in [0.05, 0.1) is 0 Å². The number of rotatable bonds is 6. The summed E-state index contributed by atoms with van der Waals surface area (Å²) in [4.78, 5) is 15.2. The number of hydrogen-bond acceptors (Lipinski definition) is 4. The number of benzene rings is 7. The molecule has 9 aromatic rings. The molecule has 230 valence electrons. The van der Waals surface area contributed by atoms with Crippen LogP contribution in [-0.4, -0.2) is 15.0 Å². The minimum absolute atomic E-state index is 0.616. The van der Waals surface area contributed by atoms with Crippen molar-refractivity contribution in [3.05, 3.63) is 176 Å². The van der Waals surface area contributed by atoms with Crippen LogP contribution >= 0.6 is 0 Å². The van der Waals surface area contributed by atoms with E-state index in [2.05, 4.69) is 103 Å². The molecular weight excluding hydrogens is 599 g/mol. The maximum atomic E-state index is 6.22. The lowest BCUT2D eigenvalue weighted by Gasteiger charge is -2.19. The van der Waals surface area contributed by atoms with E-state index in [4.69, 9.17) is 19.4 Å². The Labute approximate surface area is 284 Å². The van der Waals surface area contributed by atoms with Crippen molar-refractivity contribution in [3.8, 4) is 67.5 Å². The molecule has 0 amide bonds. The zero-order valence-electron chi connectivity index (χ0n) is 26.5. The Balaban J connectivity index is 1.35. The SMILES string of the molecule is c1ccc(-c2nc(-c3ccccc3)nc(-c3cc(-c4ccccc4)c(-c4ccc5oc6ccccc6c5c4)c(-c4ccccc4)c3)n2)cc1. The van der Waals surface area contributed by atoms with Crippen LogP contribution in [0.15, 0.2) is 180 Å². The summed E-state index contributed by atoms with van der Waals surface area (Å²) in [6, 6.07) is 60.5. The van der Waals surface area contributed by atoms with Crippen molar-refractivity contribution in [1.82, 2.24) is 15.0 Å². The number of fused-ring (bicyclic) bond motifs is 3. The van der Waals surface area contributed by atoms with Gasteiger partial charge in [0, 0.05) is 27.5 Å². The highest BCUT2D eigenvalue weighted by Crippen LogP contribution is 2.44. The fraction of sp³-hybridized carbons (Fsp3) is 0. The lowest BCUT2D eigenvalue weighted by molar-refractivity contribution is 0.669. The Hall–Kier alpha value is -6.65. The number of hydrogen-bond donors (Lipinski definition) is 0. The standard InChI is InChI=1S/C45H29N3O/c1-5-15-30(16-6-1)37-28-35(45-47-43(32-19-9-3-10-20-32)46-44(48-45)33-21-11-4-12-22-33)29-38(31-17-7-2-8-18-31)42(37)34-25-26-41-39(27-34)36-23-13-14-24-40(36)49-41/h1-29H. The van der Waals surface area contributed by atoms with Gasteiger partial charge in [-0.2, -0.15) is 0 Å². The average Bonchev–Trinajstić information content (AvgIpc) is 3.56. The monoisotopic (exact) mass is 627 g/mol. The van der Waals surface area contributed by atoms with E-state index in [1.807, 2.05) is 72.8 Å². The lowest BCUT2D eigenvalue weighted by atomic mass is 9.85. The van der Waals surface area contributed by atoms with Crippen molar-refractivity contribution in [3.63, 3.8) is 0 Å². The summed E-state index contributed by atoms with van der Waals surface area (Å²) in [7, 11) is 0. The van der Waals surface area contributed by atoms with Gasteiger partial charge in [-0.25, -0.2) is 15.0 Å². The molecule has 2 aromatic heterocycles. The smallest absolute Gasteiger partial charge is 0.164 e. The molecule has 0 unspecified atom stereocenters. The van der Waals surface area contributed by atoms with E-state index in [1.54, 1.807) is 0 Å². The molecule has 0 bridgehead atoms. The van der Waals surface area contributed by atoms with E-state index >= 15 is 0 Å². The van der Waals surface area contributed by atoms with Crippen LogP contribution in [0.25, 0.3) is 89.5 Å². The lowest BCUT2D eigenvalue weighted by Crippen LogP contribution is -2.01. The molecule has 0 radical (unpaired) electrons. The van der Waals surface area contributed by atoms with Gasteiger partial charge < -0.3 is 4.42 Å². The molecule has 0 atom stereocenters. The van der Waals surface area contributed by atoms with Gasteiger partial charge in [-0.3, -0.25) is 0 Å². The second kappa shape index (κ2) is 12.2. The van der Waals surface area contributed by atoms with Crippen LogP contribution in [0.5, 0.6) is 0 Å². The zero-order valence-corrected chi connectivity index (χ0v) is 26.5. The van der Waals surface area contributed by atoms with Gasteiger partial charge in [-0.05, 0) is 63.7 Å². The Kier molecular flexibility index (Phi) is 7.10. The first kappa shape index (κ1) is 28.6. The molecule has 4 heteroatoms. The van der Waals surface area contributed by atoms with Gasteiger partial charge in [-0.15, -0.1) is 0 Å². The minimum atomic E-state index is 0.616. The van der Waals surface area contributed by atoms with Crippen molar-refractivity contribution in [2.45, 2.75) is 0 Å². The minimum Gasteiger partial charge on any atom is -0.456 e. The van der Waals surface area contributed by atoms with Crippen molar-refractivity contribution in [2.24, 2.45) is 0 Å². The van der Waals surface area contributed by atoms with Gasteiger partial charge in [0.1, 0.15) is 11.2 Å². The van der Waals surface area contributed by atoms with Gasteiger partial charge in [-0.1, -0.05) is 146 Å². The van der Waals surface area contributed by atoms with Crippen molar-refractivity contribution in [1.29, 1.82) is 0 Å². The van der Waals surface area contributed by atoms with Crippen LogP contribution in [0.1, 0.15) is 0 Å². The molecule has 0 saturated carbocycles. The number of furan rings is 1. The highest BCUT2D eigenvalue weighted by atomic mass is 16.3. The molecule has 0 aliphatic heterocycles. The van der Waals surface area contributed by atoms with E-state index in [-0.39, 0.29) is 0 Å². The Bertz CT molecular complexity index is 2460. The van der Waals surface area contributed by atoms with Crippen LogP contribution in [0.4, 0.5) is 0 Å². The van der Waals surface area contributed by atoms with E-state index in [0.717, 1.165) is 72.0 Å². The number of aromatic nitrogens is 3. The summed E-state index contributed by atoms with van der Waals surface area (Å²) < 4.78 is 6.22. The molecule has 0 fully saturated rings. The summed E-state index contributed by atoms with van der Waals surface area (Å²) in [5, 5.41) is 2.19. The van der Waals surface area contributed by atoms with Crippen molar-refractivity contribution < 1.29 is 4.42 Å². The predicted octanol–water partition coefficient (Wildman–Crippen LogP) is 11.8. The quantitative estimate of drug-likeness (QED) is 0.184. The number of nitrogens with zero attached hydrogens (tertiary/aromatic N) is 3. The number of para-hydroxylation sites is 1. The van der Waals surface area contributed by atoms with Crippen molar-refractivity contribution in [2.75, 3.05) is 0 Å². The van der Waals surface area contributed by atoms with E-state index in [9.17, 15) is 0 Å². The second-order valence-corrected chi connectivity index (χ2v) is 12.0. The molecule has 9 rings (SSSR count). The van der Waals surface area contributed by atoms with E-state index < -0.39 is 0 Å². The topological polar surface area (TPSA) is 51.8 Å². The first-order valence-electron chi connectivity index (χ1n) is 16.4. The Morgan fingerprint density at radius 1 is 0.306 bits per heavy atom. The molecule has 2 heterocycles. The summed E-state index contributed by atoms with van der Waals surface area (Å²) in [5.41, 5.74) is 11.2. The molecule has 0 saturated heterocycles. The third-order valence-electron chi connectivity index (χ3n) is 8.93. The first-order valence-corrected chi connectivity index (χ1v) is 16.4. The molecular formula is C45H29N3O. The fourth-order valence-corrected chi connectivity index (χ4v) is 6.59.